The molecule has 4 amide bonds. The van der Waals surface area contributed by atoms with E-state index in [-0.39, 0.29) is 35.1 Å². The van der Waals surface area contributed by atoms with Gasteiger partial charge >= 0.3 is 6.03 Å². The predicted octanol–water partition coefficient (Wildman–Crippen LogP) is 1.47. The zero-order valence-corrected chi connectivity index (χ0v) is 15.5. The number of hydrogen-bond acceptors (Lipinski definition) is 9. The van der Waals surface area contributed by atoms with E-state index in [2.05, 4.69) is 25.5 Å². The van der Waals surface area contributed by atoms with E-state index in [4.69, 9.17) is 4.42 Å². The third kappa shape index (κ3) is 4.14. The highest BCUT2D eigenvalue weighted by molar-refractivity contribution is 7.99. The summed E-state index contributed by atoms with van der Waals surface area (Å²) < 4.78 is 5.47. The Balaban J connectivity index is 1.56. The van der Waals surface area contributed by atoms with Crippen molar-refractivity contribution in [1.82, 2.24) is 20.1 Å². The Labute approximate surface area is 156 Å². The van der Waals surface area contributed by atoms with Crippen LogP contribution in [0.15, 0.2) is 26.2 Å². The highest BCUT2D eigenvalue weighted by Crippen LogP contribution is 2.21. The van der Waals surface area contributed by atoms with Crippen LogP contribution in [0.1, 0.15) is 12.8 Å². The van der Waals surface area contributed by atoms with Crippen LogP contribution < -0.4 is 5.32 Å². The molecule has 0 fully saturated rings. The van der Waals surface area contributed by atoms with E-state index in [1.54, 1.807) is 18.5 Å². The molecule has 2 aromatic heterocycles. The number of nitrogens with zero attached hydrogens (tertiary/aromatic N) is 5. The van der Waals surface area contributed by atoms with Gasteiger partial charge in [0.05, 0.1) is 11.7 Å². The van der Waals surface area contributed by atoms with Gasteiger partial charge in [0, 0.05) is 30.8 Å². The average Bonchev–Trinajstić information content (AvgIpc) is 3.27. The first-order chi connectivity index (χ1) is 12.4. The van der Waals surface area contributed by atoms with Crippen molar-refractivity contribution in [1.29, 1.82) is 0 Å². The van der Waals surface area contributed by atoms with Crippen molar-refractivity contribution in [3.8, 4) is 0 Å². The lowest BCUT2D eigenvalue weighted by Crippen LogP contribution is -2.44. The Hall–Kier alpha value is -2.60. The molecule has 1 aliphatic rings. The number of aromatic nitrogens is 3. The highest BCUT2D eigenvalue weighted by Gasteiger charge is 2.34. The number of urea groups is 1. The smallest absolute Gasteiger partial charge is 0.349 e. The summed E-state index contributed by atoms with van der Waals surface area (Å²) in [7, 11) is 1.38. The summed E-state index contributed by atoms with van der Waals surface area (Å²) in [5.41, 5.74) is 0.410. The number of aliphatic imine (C=N–C) groups is 1. The summed E-state index contributed by atoms with van der Waals surface area (Å²) in [5.74, 6) is -0.901. The molecule has 1 atom stereocenters. The zero-order chi connectivity index (χ0) is 18.7. The fraction of sp³-hybridized carbons (Fsp3) is 0.357. The second kappa shape index (κ2) is 7.74. The molecular formula is C14H14N6O4S2. The number of carbonyl (C=O) groups is 3. The van der Waals surface area contributed by atoms with Crippen LogP contribution in [0.2, 0.25) is 0 Å². The highest BCUT2D eigenvalue weighted by atomic mass is 32.2. The summed E-state index contributed by atoms with van der Waals surface area (Å²) in [6.07, 6.45) is 1.74. The number of amides is 4. The molecule has 0 radical (unpaired) electrons. The van der Waals surface area contributed by atoms with E-state index < -0.39 is 11.9 Å². The van der Waals surface area contributed by atoms with E-state index in [1.165, 1.54) is 18.4 Å². The largest absolute Gasteiger partial charge is 0.416 e. The molecule has 3 heterocycles. The van der Waals surface area contributed by atoms with Gasteiger partial charge in [-0.25, -0.2) is 14.8 Å². The van der Waals surface area contributed by atoms with Crippen LogP contribution in [0.4, 0.5) is 9.93 Å². The van der Waals surface area contributed by atoms with Gasteiger partial charge in [0.2, 0.25) is 17.7 Å². The van der Waals surface area contributed by atoms with Gasteiger partial charge in [-0.1, -0.05) is 11.8 Å². The van der Waals surface area contributed by atoms with E-state index in [1.807, 2.05) is 0 Å². The molecule has 3 rings (SSSR count). The molecule has 12 heteroatoms. The second-order valence-corrected chi connectivity index (χ2v) is 7.15. The zero-order valence-electron chi connectivity index (χ0n) is 13.8. The van der Waals surface area contributed by atoms with Crippen molar-refractivity contribution in [3.05, 3.63) is 17.5 Å². The Morgan fingerprint density at radius 2 is 2.23 bits per heavy atom. The Bertz CT molecular complexity index is 863. The van der Waals surface area contributed by atoms with Crippen LogP contribution in [0, 0.1) is 5.92 Å². The van der Waals surface area contributed by atoms with Crippen LogP contribution in [-0.2, 0) is 16.0 Å². The molecule has 0 saturated carbocycles. The molecular weight excluding hydrogens is 380 g/mol. The van der Waals surface area contributed by atoms with E-state index in [0.29, 0.717) is 10.8 Å². The van der Waals surface area contributed by atoms with Crippen molar-refractivity contribution >= 4 is 51.8 Å². The van der Waals surface area contributed by atoms with Gasteiger partial charge < -0.3 is 9.73 Å². The summed E-state index contributed by atoms with van der Waals surface area (Å²) >= 11 is 2.40. The number of anilines is 1. The second-order valence-electron chi connectivity index (χ2n) is 5.33. The van der Waals surface area contributed by atoms with Crippen molar-refractivity contribution in [3.63, 3.8) is 0 Å². The normalized spacial score (nSPS) is 17.4. The van der Waals surface area contributed by atoms with Crippen LogP contribution >= 0.6 is 23.1 Å². The lowest BCUT2D eigenvalue weighted by Gasteiger charge is -2.24. The van der Waals surface area contributed by atoms with Crippen molar-refractivity contribution in [2.75, 3.05) is 18.1 Å². The quantitative estimate of drug-likeness (QED) is 0.729. The lowest BCUT2D eigenvalue weighted by atomic mass is 9.97. The first-order valence-electron chi connectivity index (χ1n) is 7.45. The monoisotopic (exact) mass is 394 g/mol. The minimum absolute atomic E-state index is 0.0846. The first kappa shape index (κ1) is 18.2. The van der Waals surface area contributed by atoms with Crippen molar-refractivity contribution in [2.24, 2.45) is 10.9 Å². The number of imide groups is 1. The van der Waals surface area contributed by atoms with Crippen LogP contribution in [0.5, 0.6) is 0 Å². The third-order valence-electron chi connectivity index (χ3n) is 3.52. The lowest BCUT2D eigenvalue weighted by molar-refractivity contribution is -0.129. The minimum Gasteiger partial charge on any atom is -0.416 e. The fourth-order valence-corrected chi connectivity index (χ4v) is 3.29. The third-order valence-corrected chi connectivity index (χ3v) is 5.03. The van der Waals surface area contributed by atoms with Crippen molar-refractivity contribution < 1.29 is 18.8 Å². The molecule has 10 nitrogen and oxygen atoms in total. The van der Waals surface area contributed by atoms with Gasteiger partial charge in [-0.15, -0.1) is 21.5 Å². The van der Waals surface area contributed by atoms with Gasteiger partial charge in [-0.2, -0.15) is 0 Å². The Morgan fingerprint density at radius 1 is 1.42 bits per heavy atom. The molecule has 0 spiro atoms. The number of thioether (sulfide) groups is 1. The average molecular weight is 394 g/mol. The molecule has 0 aromatic carbocycles. The van der Waals surface area contributed by atoms with Crippen LogP contribution in [-0.4, -0.2) is 56.4 Å². The minimum atomic E-state index is -0.621. The van der Waals surface area contributed by atoms with Gasteiger partial charge in [0.15, 0.2) is 5.13 Å². The van der Waals surface area contributed by atoms with Gasteiger partial charge in [-0.05, 0) is 6.92 Å². The van der Waals surface area contributed by atoms with Crippen molar-refractivity contribution in [2.45, 2.75) is 18.6 Å². The fourth-order valence-electron chi connectivity index (χ4n) is 2.17. The number of rotatable bonds is 6. The Morgan fingerprint density at radius 3 is 2.96 bits per heavy atom. The molecule has 1 N–H and O–H groups in total. The number of nitrogens with one attached hydrogen (secondary N) is 1. The number of carbonyl (C=O) groups excluding carboxylic acids is 3. The van der Waals surface area contributed by atoms with E-state index in [9.17, 15) is 14.4 Å². The molecule has 26 heavy (non-hydrogen) atoms. The van der Waals surface area contributed by atoms with Gasteiger partial charge in [0.25, 0.3) is 5.22 Å². The van der Waals surface area contributed by atoms with Gasteiger partial charge in [0.1, 0.15) is 0 Å². The number of thiazole rings is 1. The molecule has 0 bridgehead atoms. The SMILES string of the molecule is CC1=NC(=O)N(C)C(=O)C1Cc1nnc(SCC(=O)Nc2nccs2)o1. The topological polar surface area (TPSA) is 131 Å². The molecule has 0 saturated heterocycles. The maximum absolute atomic E-state index is 12.2. The maximum Gasteiger partial charge on any atom is 0.349 e. The van der Waals surface area contributed by atoms with Crippen LogP contribution in [0.3, 0.4) is 0 Å². The number of hydrogen-bond donors (Lipinski definition) is 1. The summed E-state index contributed by atoms with van der Waals surface area (Å²) in [6.45, 7) is 1.61. The summed E-state index contributed by atoms with van der Waals surface area (Å²) in [5, 5.41) is 12.9. The van der Waals surface area contributed by atoms with E-state index >= 15 is 0 Å². The maximum atomic E-state index is 12.2. The molecule has 1 unspecified atom stereocenters. The Kier molecular flexibility index (Phi) is 5.42. The molecule has 1 aliphatic heterocycles. The van der Waals surface area contributed by atoms with Crippen LogP contribution in [0.25, 0.3) is 0 Å². The molecule has 0 aliphatic carbocycles. The summed E-state index contributed by atoms with van der Waals surface area (Å²) in [6, 6.07) is -0.586. The molecule has 2 aromatic rings. The standard InChI is InChI=1S/C14H14N6O4S2/c1-7-8(11(22)20(2)13(23)16-7)5-10-18-19-14(24-10)26-6-9(21)17-12-15-3-4-25-12/h3-4,8H,5-6H2,1-2H3,(H,15,17,21). The molecule has 136 valence electrons. The predicted molar refractivity (Wildman–Crippen MR) is 94.2 cm³/mol. The first-order valence-corrected chi connectivity index (χ1v) is 9.32. The van der Waals surface area contributed by atoms with Gasteiger partial charge in [-0.3, -0.25) is 14.5 Å². The van der Waals surface area contributed by atoms with E-state index in [0.717, 1.165) is 16.7 Å². The summed E-state index contributed by atoms with van der Waals surface area (Å²) in [4.78, 5) is 44.3.